The van der Waals surface area contributed by atoms with Crippen molar-refractivity contribution in [2.75, 3.05) is 6.54 Å². The Hall–Kier alpha value is -3.79. The highest BCUT2D eigenvalue weighted by atomic mass is 14.9. The van der Waals surface area contributed by atoms with E-state index in [0.29, 0.717) is 11.7 Å². The third-order valence-corrected chi connectivity index (χ3v) is 6.37. The second-order valence-corrected chi connectivity index (χ2v) is 8.43. The summed E-state index contributed by atoms with van der Waals surface area (Å²) >= 11 is 0. The Labute approximate surface area is 196 Å². The second-order valence-electron chi connectivity index (χ2n) is 8.43. The Morgan fingerprint density at radius 2 is 2.03 bits per heavy atom. The highest BCUT2D eigenvalue weighted by Crippen LogP contribution is 2.34. The summed E-state index contributed by atoms with van der Waals surface area (Å²) in [7, 11) is 0. The molecule has 2 aromatic carbocycles. The van der Waals surface area contributed by atoms with Crippen molar-refractivity contribution in [3.63, 3.8) is 0 Å². The number of nitrogens with zero attached hydrogens (tertiary/aromatic N) is 3. The van der Waals surface area contributed by atoms with Gasteiger partial charge in [0.25, 0.3) is 0 Å². The average Bonchev–Trinajstić information content (AvgIpc) is 2.98. The van der Waals surface area contributed by atoms with E-state index in [0.717, 1.165) is 52.3 Å². The fourth-order valence-electron chi connectivity index (χ4n) is 4.45. The molecule has 1 atom stereocenters. The fraction of sp³-hybridized carbons (Fsp3) is 0.207. The van der Waals surface area contributed by atoms with Gasteiger partial charge >= 0.3 is 0 Å². The summed E-state index contributed by atoms with van der Waals surface area (Å²) in [5.41, 5.74) is 10.5. The summed E-state index contributed by atoms with van der Waals surface area (Å²) in [5, 5.41) is 3.43. The van der Waals surface area contributed by atoms with Crippen LogP contribution in [0.25, 0.3) is 28.7 Å². The summed E-state index contributed by atoms with van der Waals surface area (Å²) in [4.78, 5) is 13.6. The zero-order valence-electron chi connectivity index (χ0n) is 19.7. The number of hydrogen-bond acceptors (Lipinski definition) is 4. The molecule has 2 heterocycles. The van der Waals surface area contributed by atoms with E-state index in [1.54, 1.807) is 6.08 Å². The summed E-state index contributed by atoms with van der Waals surface area (Å²) in [6.45, 7) is 19.1. The maximum Gasteiger partial charge on any atom is 0.159 e. The Balaban J connectivity index is 1.73. The van der Waals surface area contributed by atoms with Crippen molar-refractivity contribution in [2.45, 2.75) is 33.1 Å². The first-order chi connectivity index (χ1) is 16.0. The van der Waals surface area contributed by atoms with E-state index in [4.69, 9.17) is 9.97 Å². The van der Waals surface area contributed by atoms with Crippen molar-refractivity contribution < 1.29 is 0 Å². The van der Waals surface area contributed by atoms with Gasteiger partial charge in [0, 0.05) is 46.4 Å². The molecule has 0 bridgehead atoms. The third-order valence-electron chi connectivity index (χ3n) is 6.37. The second kappa shape index (κ2) is 9.37. The molecule has 1 aliphatic heterocycles. The summed E-state index contributed by atoms with van der Waals surface area (Å²) < 4.78 is 0. The molecule has 0 amide bonds. The largest absolute Gasteiger partial charge is 0.385 e. The van der Waals surface area contributed by atoms with Gasteiger partial charge in [0.2, 0.25) is 0 Å². The van der Waals surface area contributed by atoms with Crippen molar-refractivity contribution in [3.8, 4) is 11.4 Å². The average molecular weight is 435 g/mol. The minimum Gasteiger partial charge on any atom is -0.385 e. The Morgan fingerprint density at radius 1 is 1.21 bits per heavy atom. The van der Waals surface area contributed by atoms with Crippen LogP contribution in [-0.2, 0) is 0 Å². The quantitative estimate of drug-likeness (QED) is 0.442. The van der Waals surface area contributed by atoms with Gasteiger partial charge in [-0.15, -0.1) is 0 Å². The predicted molar refractivity (Wildman–Crippen MR) is 141 cm³/mol. The van der Waals surface area contributed by atoms with Crippen molar-refractivity contribution >= 4 is 29.8 Å². The number of fused-ring (bicyclic) bond motifs is 1. The molecule has 0 fully saturated rings. The molecule has 1 N–H and O–H groups in total. The van der Waals surface area contributed by atoms with E-state index >= 15 is 0 Å². The number of allylic oxidation sites excluding steroid dienone is 1. The van der Waals surface area contributed by atoms with Crippen molar-refractivity contribution in [1.82, 2.24) is 15.3 Å². The van der Waals surface area contributed by atoms with Crippen molar-refractivity contribution in [2.24, 2.45) is 4.99 Å². The first-order valence-corrected chi connectivity index (χ1v) is 11.3. The molecule has 1 aliphatic rings. The number of nitrogens with one attached hydrogen (secondary N) is 1. The van der Waals surface area contributed by atoms with E-state index < -0.39 is 0 Å². The minimum absolute atomic E-state index is 0.469. The number of benzene rings is 2. The smallest absolute Gasteiger partial charge is 0.159 e. The number of aryl methyl sites for hydroxylation is 1. The lowest BCUT2D eigenvalue weighted by Gasteiger charge is -2.17. The molecule has 0 aliphatic carbocycles. The normalized spacial score (nSPS) is 15.9. The van der Waals surface area contributed by atoms with E-state index in [1.807, 2.05) is 31.3 Å². The van der Waals surface area contributed by atoms with E-state index in [1.165, 1.54) is 16.7 Å². The van der Waals surface area contributed by atoms with Gasteiger partial charge in [-0.05, 0) is 67.8 Å². The number of rotatable bonds is 5. The van der Waals surface area contributed by atoms with Gasteiger partial charge in [-0.3, -0.25) is 4.99 Å². The maximum absolute atomic E-state index is 4.84. The molecule has 0 saturated carbocycles. The highest BCUT2D eigenvalue weighted by molar-refractivity contribution is 5.82. The van der Waals surface area contributed by atoms with E-state index in [2.05, 4.69) is 68.3 Å². The Morgan fingerprint density at radius 3 is 2.73 bits per heavy atom. The first kappa shape index (κ1) is 22.4. The zero-order valence-corrected chi connectivity index (χ0v) is 19.7. The third kappa shape index (κ3) is 4.29. The molecule has 0 saturated heterocycles. The predicted octanol–water partition coefficient (Wildman–Crippen LogP) is 6.95. The molecule has 3 aromatic rings. The van der Waals surface area contributed by atoms with Crippen LogP contribution < -0.4 is 5.32 Å². The monoisotopic (exact) mass is 434 g/mol. The molecule has 0 radical (unpaired) electrons. The lowest BCUT2D eigenvalue weighted by atomic mass is 9.88. The number of hydrogen-bond donors (Lipinski definition) is 1. The van der Waals surface area contributed by atoms with Crippen LogP contribution in [0.3, 0.4) is 0 Å². The van der Waals surface area contributed by atoms with Crippen LogP contribution in [0.4, 0.5) is 5.69 Å². The molecule has 4 heteroatoms. The van der Waals surface area contributed by atoms with Crippen LogP contribution in [0, 0.1) is 6.92 Å². The zero-order chi connectivity index (χ0) is 23.5. The summed E-state index contributed by atoms with van der Waals surface area (Å²) in [6.07, 6.45) is 6.93. The lowest BCUT2D eigenvalue weighted by molar-refractivity contribution is 0.672. The molecular weight excluding hydrogens is 404 g/mol. The van der Waals surface area contributed by atoms with Crippen LogP contribution in [0.1, 0.15) is 59.7 Å². The molecule has 4 nitrogen and oxygen atoms in total. The van der Waals surface area contributed by atoms with Crippen LogP contribution in [0.15, 0.2) is 66.8 Å². The van der Waals surface area contributed by atoms with Crippen LogP contribution in [-0.4, -0.2) is 23.2 Å². The standard InChI is InChI=1S/C29H30N4/c1-7-21-15-23(10-12-28(21)30-6)29-32-17-27(20(5)33-29)24(8-2)22-9-11-25-19(4)31-14-13-18(3)26(25)16-22/h7-12,15-18,31H,1,4,6,13-14H2,2-3,5H3/b24-8-. The Kier molecular flexibility index (Phi) is 6.36. The van der Waals surface area contributed by atoms with Crippen molar-refractivity contribution in [1.29, 1.82) is 0 Å². The van der Waals surface area contributed by atoms with Gasteiger partial charge in [0.1, 0.15) is 0 Å². The molecule has 4 rings (SSSR count). The number of aliphatic imine (C=N–C) groups is 1. The van der Waals surface area contributed by atoms with Gasteiger partial charge in [0.15, 0.2) is 5.82 Å². The summed E-state index contributed by atoms with van der Waals surface area (Å²) in [6, 6.07) is 12.5. The maximum atomic E-state index is 4.84. The lowest BCUT2D eigenvalue weighted by Crippen LogP contribution is -2.10. The highest BCUT2D eigenvalue weighted by Gasteiger charge is 2.19. The van der Waals surface area contributed by atoms with Gasteiger partial charge in [-0.2, -0.15) is 0 Å². The van der Waals surface area contributed by atoms with E-state index in [-0.39, 0.29) is 0 Å². The van der Waals surface area contributed by atoms with Gasteiger partial charge < -0.3 is 5.32 Å². The molecule has 33 heavy (non-hydrogen) atoms. The molecule has 1 aromatic heterocycles. The van der Waals surface area contributed by atoms with Crippen LogP contribution >= 0.6 is 0 Å². The topological polar surface area (TPSA) is 50.2 Å². The van der Waals surface area contributed by atoms with E-state index in [9.17, 15) is 0 Å². The molecule has 1 unspecified atom stereocenters. The van der Waals surface area contributed by atoms with Gasteiger partial charge in [-0.1, -0.05) is 50.4 Å². The molecule has 0 spiro atoms. The Bertz CT molecular complexity index is 1280. The molecular formula is C29H30N4. The SMILES string of the molecule is C=Cc1cc(-c2ncc(/C(=C\C)c3ccc4c(c3)C(C)CCNC4=C)c(C)n2)ccc1N=C. The van der Waals surface area contributed by atoms with Gasteiger partial charge in [0.05, 0.1) is 5.69 Å². The summed E-state index contributed by atoms with van der Waals surface area (Å²) in [5.74, 6) is 1.15. The number of aromatic nitrogens is 2. The van der Waals surface area contributed by atoms with Crippen LogP contribution in [0.5, 0.6) is 0 Å². The molecule has 166 valence electrons. The van der Waals surface area contributed by atoms with Crippen LogP contribution in [0.2, 0.25) is 0 Å². The van der Waals surface area contributed by atoms with Gasteiger partial charge in [-0.25, -0.2) is 9.97 Å². The first-order valence-electron chi connectivity index (χ1n) is 11.3. The van der Waals surface area contributed by atoms with Crippen molar-refractivity contribution in [3.05, 3.63) is 95.3 Å². The minimum atomic E-state index is 0.469. The fourth-order valence-corrected chi connectivity index (χ4v) is 4.45.